The summed E-state index contributed by atoms with van der Waals surface area (Å²) in [5, 5.41) is 5.34. The van der Waals surface area contributed by atoms with Crippen LogP contribution < -0.4 is 10.2 Å². The van der Waals surface area contributed by atoms with Crippen molar-refractivity contribution in [2.45, 2.75) is 6.92 Å². The van der Waals surface area contributed by atoms with Crippen LogP contribution >= 0.6 is 11.6 Å². The third-order valence-corrected chi connectivity index (χ3v) is 4.35. The highest BCUT2D eigenvalue weighted by Gasteiger charge is 2.12. The Bertz CT molecular complexity index is 1190. The van der Waals surface area contributed by atoms with Crippen LogP contribution in [0.4, 0.5) is 0 Å². The van der Waals surface area contributed by atoms with Crippen LogP contribution in [-0.4, -0.2) is 18.7 Å². The van der Waals surface area contributed by atoms with Gasteiger partial charge in [-0.25, -0.2) is 5.43 Å². The monoisotopic (exact) mass is 408 g/mol. The maximum Gasteiger partial charge on any atom is 0.307 e. The first kappa shape index (κ1) is 18.8. The molecule has 1 N–H and O–H groups in total. The topological polar surface area (TPSA) is 77.0 Å². The maximum atomic E-state index is 12.3. The Morgan fingerprint density at radius 2 is 2.03 bits per heavy atom. The molecule has 0 bridgehead atoms. The molecule has 0 unspecified atom stereocenters. The molecule has 146 valence electrons. The molecule has 4 aromatic rings. The van der Waals surface area contributed by atoms with E-state index >= 15 is 0 Å². The number of nitrogens with one attached hydrogen (secondary N) is 1. The second-order valence-corrected chi connectivity index (χ2v) is 6.59. The van der Waals surface area contributed by atoms with Crippen molar-refractivity contribution in [2.24, 2.45) is 5.10 Å². The standard InChI is InChI=1S/C22H17ClN2O4/c1-2-27-17-6-8-20-15(11-17)12-21(29-20)22(26)25-24-13-18-7-9-19(28-18)14-4-3-5-16(23)10-14/h3-13H,2H2,1H3,(H,25,26)/b24-13+. The minimum absolute atomic E-state index is 0.157. The zero-order valence-corrected chi connectivity index (χ0v) is 16.3. The summed E-state index contributed by atoms with van der Waals surface area (Å²) in [6.45, 7) is 2.48. The Morgan fingerprint density at radius 3 is 2.86 bits per heavy atom. The predicted octanol–water partition coefficient (Wildman–Crippen LogP) is 5.51. The van der Waals surface area contributed by atoms with E-state index < -0.39 is 5.91 Å². The number of hydrogen-bond donors (Lipinski definition) is 1. The molecule has 2 aromatic heterocycles. The maximum absolute atomic E-state index is 12.3. The largest absolute Gasteiger partial charge is 0.494 e. The SMILES string of the molecule is CCOc1ccc2oc(C(=O)N/N=C/c3ccc(-c4cccc(Cl)c4)o3)cc2c1. The highest BCUT2D eigenvalue weighted by molar-refractivity contribution is 6.30. The van der Waals surface area contributed by atoms with Crippen molar-refractivity contribution >= 4 is 34.7 Å². The number of fused-ring (bicyclic) bond motifs is 1. The number of furan rings is 2. The van der Waals surface area contributed by atoms with E-state index in [0.717, 1.165) is 16.7 Å². The Balaban J connectivity index is 1.43. The number of amides is 1. The molecule has 0 atom stereocenters. The van der Waals surface area contributed by atoms with E-state index in [1.165, 1.54) is 6.21 Å². The predicted molar refractivity (Wildman–Crippen MR) is 112 cm³/mol. The molecule has 1 amide bonds. The van der Waals surface area contributed by atoms with Gasteiger partial charge in [-0.05, 0) is 55.5 Å². The minimum Gasteiger partial charge on any atom is -0.494 e. The smallest absolute Gasteiger partial charge is 0.307 e. The summed E-state index contributed by atoms with van der Waals surface area (Å²) in [4.78, 5) is 12.3. The second kappa shape index (κ2) is 8.24. The summed E-state index contributed by atoms with van der Waals surface area (Å²) in [5.41, 5.74) is 3.88. The molecule has 0 radical (unpaired) electrons. The molecule has 6 nitrogen and oxygen atoms in total. The Kier molecular flexibility index (Phi) is 5.35. The van der Waals surface area contributed by atoms with E-state index in [4.69, 9.17) is 25.2 Å². The normalized spacial score (nSPS) is 11.2. The Morgan fingerprint density at radius 1 is 1.14 bits per heavy atom. The van der Waals surface area contributed by atoms with Gasteiger partial charge in [0.15, 0.2) is 5.76 Å². The number of rotatable bonds is 6. The van der Waals surface area contributed by atoms with Crippen LogP contribution in [0.25, 0.3) is 22.3 Å². The van der Waals surface area contributed by atoms with Gasteiger partial charge in [0.25, 0.3) is 0 Å². The van der Waals surface area contributed by atoms with Crippen LogP contribution in [0.15, 0.2) is 74.6 Å². The van der Waals surface area contributed by atoms with Gasteiger partial charge in [-0.15, -0.1) is 0 Å². The molecule has 29 heavy (non-hydrogen) atoms. The van der Waals surface area contributed by atoms with Gasteiger partial charge in [-0.2, -0.15) is 5.10 Å². The summed E-state index contributed by atoms with van der Waals surface area (Å²) < 4.78 is 16.7. The third-order valence-electron chi connectivity index (χ3n) is 4.12. The Labute approximate surface area is 171 Å². The number of nitrogens with zero attached hydrogens (tertiary/aromatic N) is 1. The van der Waals surface area contributed by atoms with Gasteiger partial charge >= 0.3 is 5.91 Å². The van der Waals surface area contributed by atoms with Gasteiger partial charge < -0.3 is 13.6 Å². The summed E-state index contributed by atoms with van der Waals surface area (Å²) in [6.07, 6.45) is 1.42. The average Bonchev–Trinajstić information content (AvgIpc) is 3.35. The summed E-state index contributed by atoms with van der Waals surface area (Å²) in [6, 6.07) is 17.9. The molecule has 0 spiro atoms. The number of hydrogen-bond acceptors (Lipinski definition) is 5. The fraction of sp³-hybridized carbons (Fsp3) is 0.0909. The molecule has 7 heteroatoms. The molecular formula is C22H17ClN2O4. The molecule has 0 aliphatic carbocycles. The number of benzene rings is 2. The lowest BCUT2D eigenvalue weighted by molar-refractivity contribution is 0.0929. The lowest BCUT2D eigenvalue weighted by Crippen LogP contribution is -2.16. The van der Waals surface area contributed by atoms with Crippen LogP contribution in [-0.2, 0) is 0 Å². The highest BCUT2D eigenvalue weighted by atomic mass is 35.5. The van der Waals surface area contributed by atoms with Crippen molar-refractivity contribution in [2.75, 3.05) is 6.61 Å². The van der Waals surface area contributed by atoms with Crippen LogP contribution in [0.1, 0.15) is 23.2 Å². The van der Waals surface area contributed by atoms with E-state index in [0.29, 0.717) is 28.7 Å². The molecule has 0 saturated carbocycles. The second-order valence-electron chi connectivity index (χ2n) is 6.15. The number of hydrazone groups is 1. The summed E-state index contributed by atoms with van der Waals surface area (Å²) in [5.74, 6) is 1.56. The summed E-state index contributed by atoms with van der Waals surface area (Å²) in [7, 11) is 0. The van der Waals surface area contributed by atoms with E-state index in [9.17, 15) is 4.79 Å². The highest BCUT2D eigenvalue weighted by Crippen LogP contribution is 2.25. The first-order valence-electron chi connectivity index (χ1n) is 8.98. The van der Waals surface area contributed by atoms with Crippen molar-refractivity contribution in [1.82, 2.24) is 5.43 Å². The van der Waals surface area contributed by atoms with Gasteiger partial charge in [-0.3, -0.25) is 4.79 Å². The van der Waals surface area contributed by atoms with Crippen molar-refractivity contribution in [3.8, 4) is 17.1 Å². The average molecular weight is 409 g/mol. The van der Waals surface area contributed by atoms with Gasteiger partial charge in [-0.1, -0.05) is 23.7 Å². The summed E-state index contributed by atoms with van der Waals surface area (Å²) >= 11 is 6.00. The fourth-order valence-corrected chi connectivity index (χ4v) is 3.01. The number of halogens is 1. The molecule has 2 heterocycles. The van der Waals surface area contributed by atoms with E-state index in [-0.39, 0.29) is 5.76 Å². The molecule has 0 aliphatic rings. The van der Waals surface area contributed by atoms with E-state index in [1.54, 1.807) is 30.3 Å². The van der Waals surface area contributed by atoms with Gasteiger partial charge in [0, 0.05) is 16.0 Å². The molecule has 4 rings (SSSR count). The lowest BCUT2D eigenvalue weighted by atomic mass is 10.2. The van der Waals surface area contributed by atoms with E-state index in [2.05, 4.69) is 10.5 Å². The van der Waals surface area contributed by atoms with Crippen molar-refractivity contribution in [3.63, 3.8) is 0 Å². The van der Waals surface area contributed by atoms with Gasteiger partial charge in [0.1, 0.15) is 22.9 Å². The molecule has 0 saturated heterocycles. The minimum atomic E-state index is -0.461. The molecule has 0 fully saturated rings. The molecular weight excluding hydrogens is 392 g/mol. The van der Waals surface area contributed by atoms with Crippen LogP contribution in [0, 0.1) is 0 Å². The number of carbonyl (C=O) groups is 1. The fourth-order valence-electron chi connectivity index (χ4n) is 2.82. The van der Waals surface area contributed by atoms with Gasteiger partial charge in [0.05, 0.1) is 12.8 Å². The number of ether oxygens (including phenoxy) is 1. The Hall–Kier alpha value is -3.51. The van der Waals surface area contributed by atoms with Crippen LogP contribution in [0.3, 0.4) is 0 Å². The first-order chi connectivity index (χ1) is 14.1. The zero-order chi connectivity index (χ0) is 20.2. The van der Waals surface area contributed by atoms with Crippen molar-refractivity contribution in [1.29, 1.82) is 0 Å². The molecule has 0 aliphatic heterocycles. The quantitative estimate of drug-likeness (QED) is 0.337. The van der Waals surface area contributed by atoms with Crippen LogP contribution in [0.5, 0.6) is 5.75 Å². The van der Waals surface area contributed by atoms with Gasteiger partial charge in [0.2, 0.25) is 0 Å². The lowest BCUT2D eigenvalue weighted by Gasteiger charge is -2.00. The third kappa shape index (κ3) is 4.33. The zero-order valence-electron chi connectivity index (χ0n) is 15.5. The van der Waals surface area contributed by atoms with Crippen molar-refractivity contribution in [3.05, 3.63) is 77.2 Å². The van der Waals surface area contributed by atoms with E-state index in [1.807, 2.05) is 37.3 Å². The molecule has 2 aromatic carbocycles. The van der Waals surface area contributed by atoms with Crippen molar-refractivity contribution < 1.29 is 18.4 Å². The number of carbonyl (C=O) groups excluding carboxylic acids is 1. The van der Waals surface area contributed by atoms with Crippen LogP contribution in [0.2, 0.25) is 5.02 Å². The first-order valence-corrected chi connectivity index (χ1v) is 9.36.